The molecule has 1 aliphatic rings. The number of rotatable bonds is 8. The van der Waals surface area contributed by atoms with Crippen molar-refractivity contribution < 1.29 is 33.6 Å². The Hall–Kier alpha value is -2.84. The molecule has 1 saturated heterocycles. The molecule has 1 aromatic carbocycles. The van der Waals surface area contributed by atoms with Gasteiger partial charge in [-0.05, 0) is 32.4 Å². The first kappa shape index (κ1) is 26.2. The van der Waals surface area contributed by atoms with Gasteiger partial charge in [0, 0.05) is 25.3 Å². The van der Waals surface area contributed by atoms with Crippen LogP contribution in [0.5, 0.6) is 0 Å². The predicted octanol–water partition coefficient (Wildman–Crippen LogP) is 0.770. The van der Waals surface area contributed by atoms with Crippen LogP contribution >= 0.6 is 0 Å². The summed E-state index contributed by atoms with van der Waals surface area (Å²) in [5, 5.41) is 46.7. The molecular weight excluding hydrogens is 478 g/mol. The normalized spacial score (nSPS) is 24.9. The molecule has 0 spiro atoms. The Morgan fingerprint density at radius 2 is 1.83 bits per heavy atom. The minimum absolute atomic E-state index is 0.0711. The standard InChI is InChI=1S/C23H30F2N6O5/c1-12-5-6-14(19(25)18(12)24)15-9-30(28-27-15)20-21(34)17(10-32)36-16(22(20)35-4)7-13-8-31(29-26-13)23(2,3)11-33/h5-6,8-9,16-17,20-22,32-34H,7,10-11H2,1-4H3/t16-,17-,20+,21+,22+/m1/s1. The molecule has 0 saturated carbocycles. The number of aliphatic hydroxyl groups excluding tert-OH is 3. The molecule has 0 unspecified atom stereocenters. The Labute approximate surface area is 206 Å². The minimum atomic E-state index is -1.24. The van der Waals surface area contributed by atoms with Crippen molar-refractivity contribution in [1.29, 1.82) is 0 Å². The average molecular weight is 509 g/mol. The van der Waals surface area contributed by atoms with E-state index in [4.69, 9.17) is 9.47 Å². The van der Waals surface area contributed by atoms with E-state index >= 15 is 0 Å². The van der Waals surface area contributed by atoms with Crippen LogP contribution in [0.25, 0.3) is 11.3 Å². The van der Waals surface area contributed by atoms with Crippen molar-refractivity contribution in [2.24, 2.45) is 0 Å². The Balaban J connectivity index is 1.65. The highest BCUT2D eigenvalue weighted by Crippen LogP contribution is 2.34. The van der Waals surface area contributed by atoms with Gasteiger partial charge in [0.15, 0.2) is 11.6 Å². The molecule has 13 heteroatoms. The fourth-order valence-electron chi connectivity index (χ4n) is 4.29. The molecule has 11 nitrogen and oxygen atoms in total. The average Bonchev–Trinajstić information content (AvgIpc) is 3.53. The Morgan fingerprint density at radius 1 is 1.08 bits per heavy atom. The number of aromatic nitrogens is 6. The van der Waals surface area contributed by atoms with Crippen molar-refractivity contribution >= 4 is 0 Å². The summed E-state index contributed by atoms with van der Waals surface area (Å²) < 4.78 is 43.1. The summed E-state index contributed by atoms with van der Waals surface area (Å²) in [4.78, 5) is 0. The second-order valence-corrected chi connectivity index (χ2v) is 9.55. The fraction of sp³-hybridized carbons (Fsp3) is 0.565. The monoisotopic (exact) mass is 508 g/mol. The van der Waals surface area contributed by atoms with Crippen LogP contribution in [0.1, 0.15) is 31.1 Å². The van der Waals surface area contributed by atoms with Crippen LogP contribution < -0.4 is 0 Å². The van der Waals surface area contributed by atoms with E-state index in [0.29, 0.717) is 5.69 Å². The topological polar surface area (TPSA) is 141 Å². The van der Waals surface area contributed by atoms with Gasteiger partial charge in [0.2, 0.25) is 0 Å². The lowest BCUT2D eigenvalue weighted by atomic mass is 9.90. The van der Waals surface area contributed by atoms with Crippen molar-refractivity contribution in [3.63, 3.8) is 0 Å². The highest BCUT2D eigenvalue weighted by molar-refractivity contribution is 5.59. The number of hydrogen-bond donors (Lipinski definition) is 3. The van der Waals surface area contributed by atoms with E-state index in [-0.39, 0.29) is 29.8 Å². The number of aryl methyl sites for hydroxylation is 1. The molecule has 5 atom stereocenters. The van der Waals surface area contributed by atoms with Gasteiger partial charge in [-0.3, -0.25) is 0 Å². The highest BCUT2D eigenvalue weighted by Gasteiger charge is 2.47. The molecule has 1 aliphatic heterocycles. The molecule has 196 valence electrons. The molecule has 4 rings (SSSR count). The van der Waals surface area contributed by atoms with Crippen molar-refractivity contribution in [2.75, 3.05) is 20.3 Å². The van der Waals surface area contributed by atoms with E-state index in [1.54, 1.807) is 24.7 Å². The molecule has 3 aromatic rings. The SMILES string of the molecule is CO[C@@H]1[C@@H](n2cc(-c3ccc(C)c(F)c3F)nn2)[C@@H](O)[C@@H](CO)O[C@@H]1Cc1cn(C(C)(C)CO)nn1. The van der Waals surface area contributed by atoms with Gasteiger partial charge < -0.3 is 24.8 Å². The molecule has 0 amide bonds. The number of halogens is 2. The van der Waals surface area contributed by atoms with Crippen LogP contribution in [-0.4, -0.2) is 90.0 Å². The van der Waals surface area contributed by atoms with E-state index in [0.717, 1.165) is 0 Å². The lowest BCUT2D eigenvalue weighted by Crippen LogP contribution is -2.57. The maximum atomic E-state index is 14.5. The number of nitrogens with zero attached hydrogens (tertiary/aromatic N) is 6. The zero-order valence-electron chi connectivity index (χ0n) is 20.4. The minimum Gasteiger partial charge on any atom is -0.394 e. The van der Waals surface area contributed by atoms with Crippen LogP contribution in [0.2, 0.25) is 0 Å². The summed E-state index contributed by atoms with van der Waals surface area (Å²) in [5.41, 5.74) is 0.0558. The van der Waals surface area contributed by atoms with Crippen LogP contribution in [0.3, 0.4) is 0 Å². The molecule has 0 aliphatic carbocycles. The van der Waals surface area contributed by atoms with Crippen LogP contribution in [-0.2, 0) is 21.4 Å². The van der Waals surface area contributed by atoms with E-state index in [1.165, 1.54) is 37.0 Å². The van der Waals surface area contributed by atoms with E-state index in [2.05, 4.69) is 20.6 Å². The number of aliphatic hydroxyl groups is 3. The number of ether oxygens (including phenoxy) is 2. The van der Waals surface area contributed by atoms with Gasteiger partial charge in [-0.15, -0.1) is 10.2 Å². The van der Waals surface area contributed by atoms with Gasteiger partial charge in [-0.25, -0.2) is 18.1 Å². The van der Waals surface area contributed by atoms with Gasteiger partial charge in [-0.1, -0.05) is 16.5 Å². The van der Waals surface area contributed by atoms with Gasteiger partial charge in [0.05, 0.1) is 36.7 Å². The summed E-state index contributed by atoms with van der Waals surface area (Å²) >= 11 is 0. The third-order valence-corrected chi connectivity index (χ3v) is 6.56. The fourth-order valence-corrected chi connectivity index (χ4v) is 4.29. The molecule has 0 bridgehead atoms. The second kappa shape index (κ2) is 10.3. The summed E-state index contributed by atoms with van der Waals surface area (Å²) in [6, 6.07) is 1.98. The van der Waals surface area contributed by atoms with Crippen molar-refractivity contribution in [1.82, 2.24) is 30.0 Å². The first-order chi connectivity index (χ1) is 17.1. The maximum absolute atomic E-state index is 14.5. The van der Waals surface area contributed by atoms with Gasteiger partial charge in [0.1, 0.15) is 30.0 Å². The zero-order valence-corrected chi connectivity index (χ0v) is 20.4. The molecule has 3 heterocycles. The van der Waals surface area contributed by atoms with Gasteiger partial charge in [0.25, 0.3) is 0 Å². The molecule has 36 heavy (non-hydrogen) atoms. The molecule has 2 aromatic heterocycles. The number of hydrogen-bond acceptors (Lipinski definition) is 9. The first-order valence-electron chi connectivity index (χ1n) is 11.5. The first-order valence-corrected chi connectivity index (χ1v) is 11.5. The van der Waals surface area contributed by atoms with Crippen molar-refractivity contribution in [2.45, 2.75) is 63.2 Å². The smallest absolute Gasteiger partial charge is 0.168 e. The highest BCUT2D eigenvalue weighted by atomic mass is 19.2. The summed E-state index contributed by atoms with van der Waals surface area (Å²) in [5.74, 6) is -2.02. The summed E-state index contributed by atoms with van der Waals surface area (Å²) in [6.45, 7) is 4.45. The summed E-state index contributed by atoms with van der Waals surface area (Å²) in [6.07, 6.45) is -0.367. The molecule has 0 radical (unpaired) electrons. The quantitative estimate of drug-likeness (QED) is 0.402. The van der Waals surface area contributed by atoms with E-state index in [9.17, 15) is 24.1 Å². The Morgan fingerprint density at radius 3 is 2.50 bits per heavy atom. The second-order valence-electron chi connectivity index (χ2n) is 9.55. The third-order valence-electron chi connectivity index (χ3n) is 6.56. The van der Waals surface area contributed by atoms with Crippen molar-refractivity contribution in [3.05, 3.63) is 47.4 Å². The van der Waals surface area contributed by atoms with Crippen LogP contribution in [0.4, 0.5) is 8.78 Å². The van der Waals surface area contributed by atoms with Crippen molar-refractivity contribution in [3.8, 4) is 11.3 Å². The number of benzene rings is 1. The summed E-state index contributed by atoms with van der Waals surface area (Å²) in [7, 11) is 1.44. The third kappa shape index (κ3) is 4.76. The van der Waals surface area contributed by atoms with Gasteiger partial charge in [-0.2, -0.15) is 0 Å². The predicted molar refractivity (Wildman–Crippen MR) is 122 cm³/mol. The van der Waals surface area contributed by atoms with Crippen LogP contribution in [0.15, 0.2) is 24.5 Å². The van der Waals surface area contributed by atoms with E-state index in [1.807, 2.05) is 0 Å². The number of methoxy groups -OCH3 is 1. The van der Waals surface area contributed by atoms with Crippen LogP contribution in [0, 0.1) is 18.6 Å². The molecule has 3 N–H and O–H groups in total. The Kier molecular flexibility index (Phi) is 7.48. The maximum Gasteiger partial charge on any atom is 0.168 e. The Bertz CT molecular complexity index is 1200. The lowest BCUT2D eigenvalue weighted by Gasteiger charge is -2.43. The van der Waals surface area contributed by atoms with E-state index < -0.39 is 54.2 Å². The molecular formula is C23H30F2N6O5. The molecule has 1 fully saturated rings. The lowest BCUT2D eigenvalue weighted by molar-refractivity contribution is -0.212. The van der Waals surface area contributed by atoms with Gasteiger partial charge >= 0.3 is 0 Å². The largest absolute Gasteiger partial charge is 0.394 e. The zero-order chi connectivity index (χ0) is 26.2.